The van der Waals surface area contributed by atoms with Crippen LogP contribution in [0.5, 0.6) is 11.5 Å². The van der Waals surface area contributed by atoms with Crippen LogP contribution in [0.25, 0.3) is 0 Å². The molecule has 2 aromatic rings. The highest BCUT2D eigenvalue weighted by molar-refractivity contribution is 5.90. The quantitative estimate of drug-likeness (QED) is 0.867. The number of phenolic OH excluding ortho intramolecular Hbond substituents is 1. The van der Waals surface area contributed by atoms with E-state index in [-0.39, 0.29) is 11.8 Å². The molecule has 108 valence electrons. The van der Waals surface area contributed by atoms with Crippen LogP contribution in [0.4, 0.5) is 10.5 Å². The molecule has 4 nitrogen and oxygen atoms in total. The van der Waals surface area contributed by atoms with Gasteiger partial charge in [-0.2, -0.15) is 0 Å². The van der Waals surface area contributed by atoms with Crippen LogP contribution in [0, 0.1) is 0 Å². The van der Waals surface area contributed by atoms with Gasteiger partial charge < -0.3 is 9.84 Å². The van der Waals surface area contributed by atoms with Gasteiger partial charge in [-0.25, -0.2) is 4.79 Å². The Labute approximate surface area is 123 Å². The van der Waals surface area contributed by atoms with Crippen molar-refractivity contribution in [1.29, 1.82) is 0 Å². The third-order valence-corrected chi connectivity index (χ3v) is 3.60. The zero-order chi connectivity index (χ0) is 14.7. The number of benzene rings is 2. The van der Waals surface area contributed by atoms with E-state index in [1.165, 1.54) is 0 Å². The summed E-state index contributed by atoms with van der Waals surface area (Å²) in [5.74, 6) is 0.763. The van der Waals surface area contributed by atoms with Gasteiger partial charge in [0.05, 0.1) is 5.69 Å². The Morgan fingerprint density at radius 2 is 1.90 bits per heavy atom. The summed E-state index contributed by atoms with van der Waals surface area (Å²) in [7, 11) is 0. The fraction of sp³-hybridized carbons (Fsp3) is 0.235. The van der Waals surface area contributed by atoms with E-state index in [9.17, 15) is 9.90 Å². The van der Waals surface area contributed by atoms with E-state index >= 15 is 0 Å². The number of anilines is 1. The number of amides is 1. The summed E-state index contributed by atoms with van der Waals surface area (Å²) >= 11 is 0. The number of aryl methyl sites for hydroxylation is 1. The van der Waals surface area contributed by atoms with Crippen molar-refractivity contribution in [3.63, 3.8) is 0 Å². The molecule has 21 heavy (non-hydrogen) atoms. The Kier molecular flexibility index (Phi) is 3.77. The molecule has 0 spiro atoms. The zero-order valence-corrected chi connectivity index (χ0v) is 11.7. The highest BCUT2D eigenvalue weighted by atomic mass is 16.6. The number of phenols is 1. The first-order valence-electron chi connectivity index (χ1n) is 7.10. The van der Waals surface area contributed by atoms with E-state index in [2.05, 4.69) is 0 Å². The summed E-state index contributed by atoms with van der Waals surface area (Å²) < 4.78 is 5.42. The van der Waals surface area contributed by atoms with Crippen molar-refractivity contribution in [1.82, 2.24) is 0 Å². The lowest BCUT2D eigenvalue weighted by molar-refractivity contribution is 0.207. The summed E-state index contributed by atoms with van der Waals surface area (Å²) in [5, 5.41) is 9.61. The molecule has 0 aromatic heterocycles. The third-order valence-electron chi connectivity index (χ3n) is 3.60. The number of nitrogens with zero attached hydrogens (tertiary/aromatic N) is 1. The molecule has 3 rings (SSSR count). The van der Waals surface area contributed by atoms with Crippen LogP contribution >= 0.6 is 0 Å². The Hall–Kier alpha value is -2.49. The van der Waals surface area contributed by atoms with E-state index in [4.69, 9.17) is 4.74 Å². The molecule has 2 aromatic carbocycles. The van der Waals surface area contributed by atoms with E-state index < -0.39 is 0 Å². The van der Waals surface area contributed by atoms with Crippen LogP contribution in [0.15, 0.2) is 48.5 Å². The molecule has 1 aliphatic rings. The molecule has 0 bridgehead atoms. The number of hydrogen-bond acceptors (Lipinski definition) is 3. The average Bonchev–Trinajstić information content (AvgIpc) is 2.70. The second-order valence-electron chi connectivity index (χ2n) is 5.10. The van der Waals surface area contributed by atoms with Gasteiger partial charge in [-0.15, -0.1) is 0 Å². The molecule has 0 atom stereocenters. The lowest BCUT2D eigenvalue weighted by atomic mass is 10.1. The number of rotatable bonds is 1. The van der Waals surface area contributed by atoms with Crippen molar-refractivity contribution in [2.75, 3.05) is 11.4 Å². The number of carbonyl (C=O) groups excluding carboxylic acids is 1. The normalized spacial score (nSPS) is 14.2. The number of carbonyl (C=O) groups is 1. The molecule has 1 amide bonds. The molecule has 0 fully saturated rings. The van der Waals surface area contributed by atoms with Crippen molar-refractivity contribution < 1.29 is 14.6 Å². The van der Waals surface area contributed by atoms with Crippen LogP contribution in [-0.4, -0.2) is 17.7 Å². The maximum Gasteiger partial charge on any atom is 0.419 e. The van der Waals surface area contributed by atoms with Crippen LogP contribution in [0.1, 0.15) is 18.4 Å². The Bertz CT molecular complexity index is 640. The first-order valence-corrected chi connectivity index (χ1v) is 7.10. The van der Waals surface area contributed by atoms with Crippen molar-refractivity contribution in [2.24, 2.45) is 0 Å². The zero-order valence-electron chi connectivity index (χ0n) is 11.7. The fourth-order valence-corrected chi connectivity index (χ4v) is 2.58. The first kappa shape index (κ1) is 13.5. The molecule has 0 saturated carbocycles. The van der Waals surface area contributed by atoms with Crippen LogP contribution < -0.4 is 9.64 Å². The average molecular weight is 283 g/mol. The standard InChI is InChI=1S/C17H17NO3/c19-14-9-10-16-13(12-14)6-4-5-11-18(16)17(20)21-15-7-2-1-3-8-15/h1-3,7-10,12,19H,4-6,11H2. The topological polar surface area (TPSA) is 49.8 Å². The van der Waals surface area contributed by atoms with Crippen molar-refractivity contribution in [3.8, 4) is 11.5 Å². The Morgan fingerprint density at radius 3 is 2.71 bits per heavy atom. The SMILES string of the molecule is O=C(Oc1ccccc1)N1CCCCc2cc(O)ccc21. The van der Waals surface area contributed by atoms with Crippen LogP contribution in [0.2, 0.25) is 0 Å². The first-order chi connectivity index (χ1) is 10.2. The lowest BCUT2D eigenvalue weighted by Crippen LogP contribution is -2.34. The summed E-state index contributed by atoms with van der Waals surface area (Å²) in [5.41, 5.74) is 1.81. The summed E-state index contributed by atoms with van der Waals surface area (Å²) in [4.78, 5) is 14.1. The molecule has 0 unspecified atom stereocenters. The van der Waals surface area contributed by atoms with E-state index in [1.807, 2.05) is 18.2 Å². The molecule has 0 radical (unpaired) electrons. The molecule has 1 N–H and O–H groups in total. The number of para-hydroxylation sites is 1. The number of aromatic hydroxyl groups is 1. The fourth-order valence-electron chi connectivity index (χ4n) is 2.58. The predicted octanol–water partition coefficient (Wildman–Crippen LogP) is 3.73. The van der Waals surface area contributed by atoms with Gasteiger partial charge in [-0.05, 0) is 55.2 Å². The molecule has 0 saturated heterocycles. The Morgan fingerprint density at radius 1 is 1.10 bits per heavy atom. The number of hydrogen-bond donors (Lipinski definition) is 1. The van der Waals surface area contributed by atoms with Gasteiger partial charge in [0.15, 0.2) is 0 Å². The molecule has 1 aliphatic heterocycles. The van der Waals surface area contributed by atoms with Crippen molar-refractivity contribution >= 4 is 11.8 Å². The highest BCUT2D eigenvalue weighted by Crippen LogP contribution is 2.30. The monoisotopic (exact) mass is 283 g/mol. The molecule has 4 heteroatoms. The van der Waals surface area contributed by atoms with Gasteiger partial charge in [-0.1, -0.05) is 18.2 Å². The second kappa shape index (κ2) is 5.87. The molecule has 0 aliphatic carbocycles. The van der Waals surface area contributed by atoms with Crippen molar-refractivity contribution in [2.45, 2.75) is 19.3 Å². The van der Waals surface area contributed by atoms with Gasteiger partial charge in [0, 0.05) is 6.54 Å². The summed E-state index contributed by atoms with van der Waals surface area (Å²) in [6, 6.07) is 14.2. The van der Waals surface area contributed by atoms with Crippen molar-refractivity contribution in [3.05, 3.63) is 54.1 Å². The maximum absolute atomic E-state index is 12.4. The highest BCUT2D eigenvalue weighted by Gasteiger charge is 2.23. The Balaban J connectivity index is 1.86. The van der Waals surface area contributed by atoms with Gasteiger partial charge in [0.1, 0.15) is 11.5 Å². The van der Waals surface area contributed by atoms with Gasteiger partial charge in [-0.3, -0.25) is 4.90 Å². The minimum Gasteiger partial charge on any atom is -0.508 e. The predicted molar refractivity (Wildman–Crippen MR) is 80.9 cm³/mol. The molecule has 1 heterocycles. The van der Waals surface area contributed by atoms with E-state index in [0.29, 0.717) is 12.3 Å². The number of ether oxygens (including phenoxy) is 1. The largest absolute Gasteiger partial charge is 0.508 e. The van der Waals surface area contributed by atoms with E-state index in [0.717, 1.165) is 30.5 Å². The smallest absolute Gasteiger partial charge is 0.419 e. The second-order valence-corrected chi connectivity index (χ2v) is 5.10. The van der Waals surface area contributed by atoms with Crippen LogP contribution in [-0.2, 0) is 6.42 Å². The number of fused-ring (bicyclic) bond motifs is 1. The van der Waals surface area contributed by atoms with Gasteiger partial charge in [0.2, 0.25) is 0 Å². The lowest BCUT2D eigenvalue weighted by Gasteiger charge is -2.22. The van der Waals surface area contributed by atoms with Crippen LogP contribution in [0.3, 0.4) is 0 Å². The van der Waals surface area contributed by atoms with Gasteiger partial charge >= 0.3 is 6.09 Å². The minimum atomic E-state index is -0.380. The summed E-state index contributed by atoms with van der Waals surface area (Å²) in [6.45, 7) is 0.628. The molecular formula is C17H17NO3. The molecular weight excluding hydrogens is 266 g/mol. The van der Waals surface area contributed by atoms with E-state index in [1.54, 1.807) is 35.2 Å². The third kappa shape index (κ3) is 2.99. The maximum atomic E-state index is 12.4. The minimum absolute atomic E-state index is 0.229. The summed E-state index contributed by atoms with van der Waals surface area (Å²) in [6.07, 6.45) is 2.39. The van der Waals surface area contributed by atoms with Gasteiger partial charge in [0.25, 0.3) is 0 Å².